The van der Waals surface area contributed by atoms with E-state index in [1.165, 1.54) is 23.6 Å². The van der Waals surface area contributed by atoms with Crippen molar-refractivity contribution in [3.8, 4) is 17.4 Å². The molecule has 5 rings (SSSR count). The van der Waals surface area contributed by atoms with Gasteiger partial charge in [0.25, 0.3) is 5.91 Å². The fraction of sp³-hybridized carbons (Fsp3) is 0.407. The Kier molecular flexibility index (Phi) is 7.73. The van der Waals surface area contributed by atoms with E-state index in [1.807, 2.05) is 31.2 Å². The van der Waals surface area contributed by atoms with Gasteiger partial charge in [-0.25, -0.2) is 4.98 Å². The molecule has 0 unspecified atom stereocenters. The molecule has 11 heteroatoms. The Morgan fingerprint density at radius 3 is 2.76 bits per heavy atom. The third kappa shape index (κ3) is 6.41. The van der Waals surface area contributed by atoms with Gasteiger partial charge in [0.2, 0.25) is 11.8 Å². The Labute approximate surface area is 220 Å². The fourth-order valence-electron chi connectivity index (χ4n) is 4.34. The first-order valence-electron chi connectivity index (χ1n) is 12.5. The normalized spacial score (nSPS) is 19.1. The summed E-state index contributed by atoms with van der Waals surface area (Å²) in [7, 11) is 1.54. The number of ether oxygens (including phenoxy) is 4. The van der Waals surface area contributed by atoms with Crippen molar-refractivity contribution in [2.45, 2.75) is 32.1 Å². The van der Waals surface area contributed by atoms with Crippen LogP contribution in [0.4, 0.5) is 5.69 Å². The zero-order valence-corrected chi connectivity index (χ0v) is 21.4. The molecule has 4 heterocycles. The molecular weight excluding hydrogens is 490 g/mol. The summed E-state index contributed by atoms with van der Waals surface area (Å²) in [5.41, 5.74) is 1.69. The zero-order chi connectivity index (χ0) is 26.5. The van der Waals surface area contributed by atoms with E-state index in [1.54, 1.807) is 29.4 Å². The summed E-state index contributed by atoms with van der Waals surface area (Å²) < 4.78 is 24.0. The van der Waals surface area contributed by atoms with E-state index in [0.717, 1.165) is 5.75 Å². The van der Waals surface area contributed by atoms with Crippen molar-refractivity contribution >= 4 is 17.5 Å². The number of aryl methyl sites for hydroxylation is 1. The van der Waals surface area contributed by atoms with Gasteiger partial charge in [0, 0.05) is 43.9 Å². The van der Waals surface area contributed by atoms with E-state index in [-0.39, 0.29) is 24.5 Å². The predicted molar refractivity (Wildman–Crippen MR) is 137 cm³/mol. The number of carbonyl (C=O) groups is 2. The van der Waals surface area contributed by atoms with Crippen LogP contribution in [-0.2, 0) is 20.9 Å². The third-order valence-corrected chi connectivity index (χ3v) is 6.49. The van der Waals surface area contributed by atoms with Crippen molar-refractivity contribution in [1.82, 2.24) is 19.7 Å². The van der Waals surface area contributed by atoms with Crippen LogP contribution < -0.4 is 19.5 Å². The van der Waals surface area contributed by atoms with Crippen molar-refractivity contribution in [3.63, 3.8) is 0 Å². The Morgan fingerprint density at radius 2 is 1.97 bits per heavy atom. The first-order chi connectivity index (χ1) is 18.4. The second-order valence-electron chi connectivity index (χ2n) is 9.54. The number of aromatic nitrogens is 3. The van der Waals surface area contributed by atoms with Gasteiger partial charge in [-0.05, 0) is 25.1 Å². The summed E-state index contributed by atoms with van der Waals surface area (Å²) in [5.74, 6) is 1.90. The van der Waals surface area contributed by atoms with E-state index < -0.39 is 6.10 Å². The van der Waals surface area contributed by atoms with Crippen LogP contribution in [0, 0.1) is 12.8 Å². The molecule has 0 saturated carbocycles. The Balaban J connectivity index is 1.02. The molecule has 0 bridgehead atoms. The molecule has 1 aromatic carbocycles. The van der Waals surface area contributed by atoms with Gasteiger partial charge < -0.3 is 29.2 Å². The summed E-state index contributed by atoms with van der Waals surface area (Å²) in [6, 6.07) is 11.3. The molecule has 2 aliphatic rings. The number of hydrogen-bond donors (Lipinski definition) is 1. The lowest BCUT2D eigenvalue weighted by Gasteiger charge is -2.39. The van der Waals surface area contributed by atoms with E-state index in [2.05, 4.69) is 15.4 Å². The Morgan fingerprint density at radius 1 is 1.16 bits per heavy atom. The molecular formula is C27H31N5O6. The molecule has 2 saturated heterocycles. The Hall–Kier alpha value is -4.12. The number of hydrogen-bond acceptors (Lipinski definition) is 8. The second kappa shape index (κ2) is 11.5. The molecule has 2 aromatic heterocycles. The lowest BCUT2D eigenvalue weighted by molar-refractivity contribution is -0.139. The average molecular weight is 522 g/mol. The monoisotopic (exact) mass is 521 g/mol. The number of rotatable bonds is 10. The highest BCUT2D eigenvalue weighted by molar-refractivity contribution is 5.94. The summed E-state index contributed by atoms with van der Waals surface area (Å²) in [6.45, 7) is 4.33. The number of pyridine rings is 1. The van der Waals surface area contributed by atoms with Crippen LogP contribution in [0.5, 0.6) is 17.4 Å². The topological polar surface area (TPSA) is 117 Å². The van der Waals surface area contributed by atoms with Crippen molar-refractivity contribution < 1.29 is 28.5 Å². The lowest BCUT2D eigenvalue weighted by Crippen LogP contribution is -2.53. The summed E-state index contributed by atoms with van der Waals surface area (Å²) in [5, 5.41) is 7.02. The molecule has 2 atom stereocenters. The standard InChI is InChI=1S/C27H31N5O6/c1-18-3-5-21(6-4-18)36-16-19-12-31(13-19)26(33)15-32-14-20(11-29-32)30-27(34)24-9-23(17-37-24)38-22-7-8-28-25(10-22)35-2/h3-8,10-11,14,19,23-24H,9,12-13,15-17H2,1-2H3,(H,30,34)/t23-,24+/m0/s1. The Bertz CT molecular complexity index is 1260. The van der Waals surface area contributed by atoms with Gasteiger partial charge in [0.15, 0.2) is 0 Å². The van der Waals surface area contributed by atoms with Gasteiger partial charge in [-0.2, -0.15) is 5.10 Å². The highest BCUT2D eigenvalue weighted by Gasteiger charge is 2.33. The van der Waals surface area contributed by atoms with Crippen LogP contribution in [0.2, 0.25) is 0 Å². The molecule has 2 fully saturated rings. The van der Waals surface area contributed by atoms with Crippen LogP contribution in [0.3, 0.4) is 0 Å². The summed E-state index contributed by atoms with van der Waals surface area (Å²) in [6.07, 6.45) is 4.26. The van der Waals surface area contributed by atoms with Gasteiger partial charge in [-0.3, -0.25) is 14.3 Å². The fourth-order valence-corrected chi connectivity index (χ4v) is 4.34. The molecule has 0 radical (unpaired) electrons. The van der Waals surface area contributed by atoms with Gasteiger partial charge in [0.05, 0.1) is 32.2 Å². The quantitative estimate of drug-likeness (QED) is 0.432. The number of carbonyl (C=O) groups excluding carboxylic acids is 2. The smallest absolute Gasteiger partial charge is 0.253 e. The number of likely N-dealkylation sites (tertiary alicyclic amines) is 1. The van der Waals surface area contributed by atoms with Gasteiger partial charge in [0.1, 0.15) is 30.3 Å². The predicted octanol–water partition coefficient (Wildman–Crippen LogP) is 2.31. The molecule has 2 aliphatic heterocycles. The van der Waals surface area contributed by atoms with Crippen LogP contribution in [0.15, 0.2) is 55.0 Å². The average Bonchev–Trinajstić information content (AvgIpc) is 3.54. The van der Waals surface area contributed by atoms with Crippen LogP contribution in [-0.4, -0.2) is 77.1 Å². The van der Waals surface area contributed by atoms with E-state index in [4.69, 9.17) is 18.9 Å². The van der Waals surface area contributed by atoms with E-state index in [0.29, 0.717) is 56.0 Å². The van der Waals surface area contributed by atoms with Crippen LogP contribution in [0.1, 0.15) is 12.0 Å². The molecule has 3 aromatic rings. The highest BCUT2D eigenvalue weighted by Crippen LogP contribution is 2.24. The summed E-state index contributed by atoms with van der Waals surface area (Å²) >= 11 is 0. The van der Waals surface area contributed by atoms with Gasteiger partial charge in [-0.1, -0.05) is 17.7 Å². The molecule has 200 valence electrons. The number of amides is 2. The molecule has 0 aliphatic carbocycles. The van der Waals surface area contributed by atoms with Gasteiger partial charge in [-0.15, -0.1) is 0 Å². The lowest BCUT2D eigenvalue weighted by atomic mass is 10.0. The minimum Gasteiger partial charge on any atom is -0.493 e. The number of nitrogens with one attached hydrogen (secondary N) is 1. The van der Waals surface area contributed by atoms with Crippen molar-refractivity contribution in [3.05, 3.63) is 60.6 Å². The minimum absolute atomic E-state index is 0.0237. The number of nitrogens with zero attached hydrogens (tertiary/aromatic N) is 4. The number of anilines is 1. The molecule has 1 N–H and O–H groups in total. The maximum absolute atomic E-state index is 12.7. The molecule has 38 heavy (non-hydrogen) atoms. The molecule has 2 amide bonds. The van der Waals surface area contributed by atoms with Crippen LogP contribution >= 0.6 is 0 Å². The van der Waals surface area contributed by atoms with Crippen LogP contribution in [0.25, 0.3) is 0 Å². The van der Waals surface area contributed by atoms with E-state index in [9.17, 15) is 9.59 Å². The third-order valence-electron chi connectivity index (χ3n) is 6.49. The van der Waals surface area contributed by atoms with Gasteiger partial charge >= 0.3 is 0 Å². The zero-order valence-electron chi connectivity index (χ0n) is 21.4. The van der Waals surface area contributed by atoms with E-state index >= 15 is 0 Å². The molecule has 11 nitrogen and oxygen atoms in total. The number of benzene rings is 1. The molecule has 0 spiro atoms. The first kappa shape index (κ1) is 25.5. The van der Waals surface area contributed by atoms with Crippen molar-refractivity contribution in [1.29, 1.82) is 0 Å². The maximum Gasteiger partial charge on any atom is 0.253 e. The number of methoxy groups -OCH3 is 1. The highest BCUT2D eigenvalue weighted by atomic mass is 16.6. The van der Waals surface area contributed by atoms with Crippen molar-refractivity contribution in [2.24, 2.45) is 5.92 Å². The first-order valence-corrected chi connectivity index (χ1v) is 12.5. The summed E-state index contributed by atoms with van der Waals surface area (Å²) in [4.78, 5) is 31.1. The minimum atomic E-state index is -0.645. The largest absolute Gasteiger partial charge is 0.493 e. The second-order valence-corrected chi connectivity index (χ2v) is 9.54. The van der Waals surface area contributed by atoms with Crippen molar-refractivity contribution in [2.75, 3.05) is 38.7 Å². The SMILES string of the molecule is COc1cc(O[C@@H]2CO[C@@H](C(=O)Nc3cnn(CC(=O)N4CC(COc5ccc(C)cc5)C4)c3)C2)ccn1. The maximum atomic E-state index is 12.7.